The molecule has 1 fully saturated rings. The molecule has 0 unspecified atom stereocenters. The maximum atomic E-state index is 13.4. The van der Waals surface area contributed by atoms with Gasteiger partial charge in [-0.05, 0) is 56.0 Å². The van der Waals surface area contributed by atoms with Crippen molar-refractivity contribution in [1.82, 2.24) is 19.9 Å². The Bertz CT molecular complexity index is 1490. The van der Waals surface area contributed by atoms with E-state index in [0.717, 1.165) is 18.4 Å². The van der Waals surface area contributed by atoms with Gasteiger partial charge in [-0.1, -0.05) is 29.8 Å². The molecule has 37 heavy (non-hydrogen) atoms. The summed E-state index contributed by atoms with van der Waals surface area (Å²) in [5.41, 5.74) is 0.931. The van der Waals surface area contributed by atoms with E-state index in [1.807, 2.05) is 6.92 Å². The van der Waals surface area contributed by atoms with Crippen molar-refractivity contribution in [2.75, 3.05) is 18.4 Å². The van der Waals surface area contributed by atoms with Crippen LogP contribution in [0, 0.1) is 12.8 Å². The summed E-state index contributed by atoms with van der Waals surface area (Å²) in [5, 5.41) is 0. The molecule has 2 aromatic carbocycles. The molecule has 2 aromatic heterocycles. The predicted octanol–water partition coefficient (Wildman–Crippen LogP) is 4.63. The molecule has 0 amide bonds. The molecule has 11 heteroatoms. The molecule has 1 aliphatic rings. The Labute approximate surface area is 214 Å². The minimum absolute atomic E-state index is 0.000479. The van der Waals surface area contributed by atoms with Gasteiger partial charge in [0.05, 0.1) is 18.6 Å². The van der Waals surface area contributed by atoms with Gasteiger partial charge in [-0.3, -0.25) is 4.72 Å². The number of para-hydroxylation sites is 2. The molecule has 0 bridgehead atoms. The molecule has 0 atom stereocenters. The van der Waals surface area contributed by atoms with E-state index in [9.17, 15) is 8.42 Å². The van der Waals surface area contributed by atoms with E-state index < -0.39 is 10.0 Å². The number of hydrogen-bond donors (Lipinski definition) is 1. The quantitative estimate of drug-likeness (QED) is 0.319. The number of methoxy groups -OCH3 is 1. The first-order chi connectivity index (χ1) is 17.9. The van der Waals surface area contributed by atoms with Crippen LogP contribution in [-0.2, 0) is 10.0 Å². The standard InChI is InChI=1S/C26H25N5O5S/c1-17-8-12-19(13-9-17)37(32,33)31-23-22(36-21-7-4-3-6-20(21)34-2)26(35-16-18-10-11-18)30-25(29-23)24-27-14-5-15-28-24/h3-9,12-15,18H,10-11,16H2,1-2H3,(H,29,30,31). The fourth-order valence-corrected chi connectivity index (χ4v) is 4.41. The molecular formula is C26H25N5O5S. The average Bonchev–Trinajstić information content (AvgIpc) is 3.74. The van der Waals surface area contributed by atoms with Gasteiger partial charge in [-0.25, -0.2) is 23.4 Å². The van der Waals surface area contributed by atoms with Gasteiger partial charge in [0.1, 0.15) is 0 Å². The number of rotatable bonds is 10. The molecule has 2 heterocycles. The van der Waals surface area contributed by atoms with E-state index in [4.69, 9.17) is 14.2 Å². The highest BCUT2D eigenvalue weighted by atomic mass is 32.2. The van der Waals surface area contributed by atoms with Crippen LogP contribution in [0.4, 0.5) is 5.82 Å². The van der Waals surface area contributed by atoms with Gasteiger partial charge >= 0.3 is 0 Å². The van der Waals surface area contributed by atoms with Gasteiger partial charge in [0.25, 0.3) is 15.9 Å². The number of nitrogens with one attached hydrogen (secondary N) is 1. The van der Waals surface area contributed by atoms with Gasteiger partial charge in [0, 0.05) is 12.4 Å². The maximum Gasteiger partial charge on any atom is 0.263 e. The van der Waals surface area contributed by atoms with E-state index in [0.29, 0.717) is 24.0 Å². The van der Waals surface area contributed by atoms with Crippen molar-refractivity contribution >= 4 is 15.8 Å². The summed E-state index contributed by atoms with van der Waals surface area (Å²) in [6, 6.07) is 15.1. The van der Waals surface area contributed by atoms with Crippen molar-refractivity contribution in [2.24, 2.45) is 5.92 Å². The van der Waals surface area contributed by atoms with E-state index in [2.05, 4.69) is 24.7 Å². The number of aryl methyl sites for hydroxylation is 1. The molecule has 0 saturated heterocycles. The van der Waals surface area contributed by atoms with Crippen LogP contribution in [0.1, 0.15) is 18.4 Å². The summed E-state index contributed by atoms with van der Waals surface area (Å²) >= 11 is 0. The highest BCUT2D eigenvalue weighted by molar-refractivity contribution is 7.92. The van der Waals surface area contributed by atoms with Crippen LogP contribution in [0.2, 0.25) is 0 Å². The Kier molecular flexibility index (Phi) is 6.87. The summed E-state index contributed by atoms with van der Waals surface area (Å²) in [6.07, 6.45) is 5.20. The van der Waals surface area contributed by atoms with Crippen molar-refractivity contribution < 1.29 is 22.6 Å². The average molecular weight is 520 g/mol. The van der Waals surface area contributed by atoms with Gasteiger partial charge in [0.15, 0.2) is 23.1 Å². The molecule has 10 nitrogen and oxygen atoms in total. The van der Waals surface area contributed by atoms with Crippen LogP contribution >= 0.6 is 0 Å². The highest BCUT2D eigenvalue weighted by Crippen LogP contribution is 2.42. The van der Waals surface area contributed by atoms with E-state index in [-0.39, 0.29) is 34.0 Å². The van der Waals surface area contributed by atoms with E-state index >= 15 is 0 Å². The first kappa shape index (κ1) is 24.4. The van der Waals surface area contributed by atoms with Gasteiger partial charge in [-0.15, -0.1) is 0 Å². The Morgan fingerprint density at radius 2 is 1.62 bits per heavy atom. The van der Waals surface area contributed by atoms with Crippen LogP contribution < -0.4 is 18.9 Å². The molecule has 0 radical (unpaired) electrons. The smallest absolute Gasteiger partial charge is 0.263 e. The van der Waals surface area contributed by atoms with Crippen molar-refractivity contribution in [3.63, 3.8) is 0 Å². The molecule has 0 spiro atoms. The molecule has 1 N–H and O–H groups in total. The Balaban J connectivity index is 1.64. The normalized spacial score (nSPS) is 13.1. The summed E-state index contributed by atoms with van der Waals surface area (Å²) in [7, 11) is -2.53. The summed E-state index contributed by atoms with van der Waals surface area (Å²) in [6.45, 7) is 2.28. The second kappa shape index (κ2) is 10.4. The molecule has 0 aliphatic heterocycles. The zero-order chi connectivity index (χ0) is 25.8. The van der Waals surface area contributed by atoms with E-state index in [1.165, 1.54) is 19.2 Å². The molecular weight excluding hydrogens is 494 g/mol. The molecule has 1 aliphatic carbocycles. The molecule has 190 valence electrons. The maximum absolute atomic E-state index is 13.4. The predicted molar refractivity (Wildman–Crippen MR) is 136 cm³/mol. The van der Waals surface area contributed by atoms with Crippen LogP contribution in [-0.4, -0.2) is 42.1 Å². The van der Waals surface area contributed by atoms with Crippen molar-refractivity contribution in [1.29, 1.82) is 0 Å². The minimum atomic E-state index is -4.04. The first-order valence-corrected chi connectivity index (χ1v) is 13.1. The summed E-state index contributed by atoms with van der Waals surface area (Å²) in [4.78, 5) is 17.5. The van der Waals surface area contributed by atoms with Crippen LogP contribution in [0.5, 0.6) is 23.1 Å². The SMILES string of the molecule is COc1ccccc1Oc1c(NS(=O)(=O)c2ccc(C)cc2)nc(-c2ncccn2)nc1OCC1CC1. The Morgan fingerprint density at radius 3 is 2.30 bits per heavy atom. The van der Waals surface area contributed by atoms with Crippen LogP contribution in [0.3, 0.4) is 0 Å². The van der Waals surface area contributed by atoms with Gasteiger partial charge < -0.3 is 14.2 Å². The van der Waals surface area contributed by atoms with Crippen LogP contribution in [0.15, 0.2) is 71.9 Å². The third-order valence-corrected chi connectivity index (χ3v) is 6.95. The fraction of sp³-hybridized carbons (Fsp3) is 0.231. The number of benzene rings is 2. The van der Waals surface area contributed by atoms with Crippen molar-refractivity contribution in [3.05, 3.63) is 72.6 Å². The Hall–Kier alpha value is -4.25. The molecule has 5 rings (SSSR count). The monoisotopic (exact) mass is 519 g/mol. The second-order valence-corrected chi connectivity index (χ2v) is 10.2. The Morgan fingerprint density at radius 1 is 0.919 bits per heavy atom. The largest absolute Gasteiger partial charge is 0.493 e. The van der Waals surface area contributed by atoms with Crippen molar-refractivity contribution in [3.8, 4) is 34.8 Å². The minimum Gasteiger partial charge on any atom is -0.493 e. The summed E-state index contributed by atoms with van der Waals surface area (Å²) < 4.78 is 46.9. The lowest BCUT2D eigenvalue weighted by molar-refractivity contribution is 0.273. The van der Waals surface area contributed by atoms with Crippen LogP contribution in [0.25, 0.3) is 11.6 Å². The number of nitrogens with zero attached hydrogens (tertiary/aromatic N) is 4. The highest BCUT2D eigenvalue weighted by Gasteiger charge is 2.28. The third-order valence-electron chi connectivity index (χ3n) is 5.60. The first-order valence-electron chi connectivity index (χ1n) is 11.7. The second-order valence-electron chi connectivity index (χ2n) is 8.53. The number of aromatic nitrogens is 4. The third kappa shape index (κ3) is 5.78. The molecule has 4 aromatic rings. The lowest BCUT2D eigenvalue weighted by atomic mass is 10.2. The molecule has 1 saturated carbocycles. The topological polar surface area (TPSA) is 125 Å². The van der Waals surface area contributed by atoms with Gasteiger partial charge in [0.2, 0.25) is 11.6 Å². The number of sulfonamides is 1. The fourth-order valence-electron chi connectivity index (χ4n) is 3.40. The zero-order valence-corrected chi connectivity index (χ0v) is 21.1. The van der Waals surface area contributed by atoms with E-state index in [1.54, 1.807) is 54.9 Å². The lowest BCUT2D eigenvalue weighted by Gasteiger charge is -2.18. The van der Waals surface area contributed by atoms with Crippen molar-refractivity contribution in [2.45, 2.75) is 24.7 Å². The van der Waals surface area contributed by atoms with Gasteiger partial charge in [-0.2, -0.15) is 4.98 Å². The number of hydrogen-bond acceptors (Lipinski definition) is 9. The lowest BCUT2D eigenvalue weighted by Crippen LogP contribution is -2.16. The summed E-state index contributed by atoms with van der Waals surface area (Å²) in [5.74, 6) is 1.42. The zero-order valence-electron chi connectivity index (χ0n) is 20.3. The number of ether oxygens (including phenoxy) is 3. The number of anilines is 1.